The lowest BCUT2D eigenvalue weighted by Crippen LogP contribution is -2.38. The summed E-state index contributed by atoms with van der Waals surface area (Å²) in [5.74, 6) is 0.0439. The zero-order valence-electron chi connectivity index (χ0n) is 17.2. The first kappa shape index (κ1) is 20.0. The number of aromatic nitrogens is 1. The smallest absolute Gasteiger partial charge is 0.322 e. The third-order valence-corrected chi connectivity index (χ3v) is 5.42. The second-order valence-electron chi connectivity index (χ2n) is 7.61. The number of hydrazone groups is 1. The lowest BCUT2D eigenvalue weighted by atomic mass is 9.93. The van der Waals surface area contributed by atoms with Gasteiger partial charge in [0.25, 0.3) is 0 Å². The lowest BCUT2D eigenvalue weighted by Gasteiger charge is -2.27. The molecule has 0 bridgehead atoms. The molecular weight excluding hydrogens is 382 g/mol. The number of nitrogens with zero attached hydrogens (tertiary/aromatic N) is 4. The fourth-order valence-corrected chi connectivity index (χ4v) is 3.73. The molecule has 0 unspecified atom stereocenters. The molecule has 0 aliphatic carbocycles. The molecule has 0 fully saturated rings. The minimum absolute atomic E-state index is 0.00833. The first-order valence-electron chi connectivity index (χ1n) is 10.0. The predicted octanol–water partition coefficient (Wildman–Crippen LogP) is 2.85. The Hall–Kier alpha value is -3.26. The van der Waals surface area contributed by atoms with Crippen molar-refractivity contribution in [2.75, 3.05) is 25.6 Å². The average molecular weight is 407 g/mol. The van der Waals surface area contributed by atoms with Crippen molar-refractivity contribution in [1.82, 2.24) is 14.9 Å². The summed E-state index contributed by atoms with van der Waals surface area (Å²) in [7, 11) is 1.60. The number of benzene rings is 1. The van der Waals surface area contributed by atoms with Crippen LogP contribution in [0.2, 0.25) is 0 Å². The maximum absolute atomic E-state index is 12.6. The SMILES string of the molecule is COCCN1N=C(c2ccc(NC(=O)N3Cc4ccncc4C3)cc2)[C@H](C)CC1=O. The Kier molecular flexibility index (Phi) is 5.76. The molecule has 2 aliphatic rings. The van der Waals surface area contributed by atoms with Crippen LogP contribution in [0.25, 0.3) is 0 Å². The van der Waals surface area contributed by atoms with Crippen molar-refractivity contribution in [3.05, 3.63) is 59.4 Å². The van der Waals surface area contributed by atoms with Gasteiger partial charge in [0.05, 0.1) is 18.9 Å². The summed E-state index contributed by atoms with van der Waals surface area (Å²) in [5.41, 5.74) is 4.74. The van der Waals surface area contributed by atoms with E-state index in [1.807, 2.05) is 43.5 Å². The molecule has 0 saturated heterocycles. The van der Waals surface area contributed by atoms with Crippen LogP contribution in [0.3, 0.4) is 0 Å². The Bertz CT molecular complexity index is 948. The van der Waals surface area contributed by atoms with Crippen LogP contribution in [0.1, 0.15) is 30.0 Å². The van der Waals surface area contributed by atoms with Gasteiger partial charge < -0.3 is 15.0 Å². The second-order valence-corrected chi connectivity index (χ2v) is 7.61. The molecule has 8 nitrogen and oxygen atoms in total. The molecule has 0 radical (unpaired) electrons. The average Bonchev–Trinajstić information content (AvgIpc) is 3.18. The summed E-state index contributed by atoms with van der Waals surface area (Å²) < 4.78 is 5.07. The topological polar surface area (TPSA) is 87.1 Å². The molecule has 8 heteroatoms. The van der Waals surface area contributed by atoms with Gasteiger partial charge in [-0.1, -0.05) is 19.1 Å². The standard InChI is InChI=1S/C22H25N5O3/c1-15-11-20(28)27(9-10-30-2)25-21(15)16-3-5-19(6-4-16)24-22(29)26-13-17-7-8-23-12-18(17)14-26/h3-8,12,15H,9-11,13-14H2,1-2H3,(H,24,29)/t15-/m1/s1. The van der Waals surface area contributed by atoms with E-state index in [2.05, 4.69) is 15.4 Å². The van der Waals surface area contributed by atoms with Crippen molar-refractivity contribution < 1.29 is 14.3 Å². The first-order valence-corrected chi connectivity index (χ1v) is 10.0. The van der Waals surface area contributed by atoms with Crippen LogP contribution in [0.4, 0.5) is 10.5 Å². The quantitative estimate of drug-likeness (QED) is 0.826. The minimum Gasteiger partial charge on any atom is -0.383 e. The summed E-state index contributed by atoms with van der Waals surface area (Å²) in [6, 6.07) is 9.39. The highest BCUT2D eigenvalue weighted by Gasteiger charge is 2.27. The van der Waals surface area contributed by atoms with Crippen molar-refractivity contribution in [1.29, 1.82) is 0 Å². The number of pyridine rings is 1. The number of carbonyl (C=O) groups excluding carboxylic acids is 2. The highest BCUT2D eigenvalue weighted by Crippen LogP contribution is 2.24. The third-order valence-electron chi connectivity index (χ3n) is 5.42. The Labute approximate surface area is 175 Å². The van der Waals surface area contributed by atoms with Gasteiger partial charge in [-0.05, 0) is 34.9 Å². The van der Waals surface area contributed by atoms with Crippen LogP contribution in [0.5, 0.6) is 0 Å². The largest absolute Gasteiger partial charge is 0.383 e. The van der Waals surface area contributed by atoms with Crippen molar-refractivity contribution in [3.63, 3.8) is 0 Å². The molecular formula is C22H25N5O3. The summed E-state index contributed by atoms with van der Waals surface area (Å²) in [6.07, 6.45) is 3.98. The number of methoxy groups -OCH3 is 1. The number of fused-ring (bicyclic) bond motifs is 1. The van der Waals surface area contributed by atoms with Crippen LogP contribution in [-0.2, 0) is 22.6 Å². The van der Waals surface area contributed by atoms with Crippen LogP contribution in [0.15, 0.2) is 47.8 Å². The molecule has 1 aromatic carbocycles. The van der Waals surface area contributed by atoms with Gasteiger partial charge in [-0.2, -0.15) is 5.10 Å². The monoisotopic (exact) mass is 407 g/mol. The molecule has 0 spiro atoms. The van der Waals surface area contributed by atoms with Gasteiger partial charge in [-0.3, -0.25) is 9.78 Å². The van der Waals surface area contributed by atoms with Crippen molar-refractivity contribution in [2.45, 2.75) is 26.4 Å². The molecule has 3 amide bonds. The summed E-state index contributed by atoms with van der Waals surface area (Å²) in [6.45, 7) is 4.03. The van der Waals surface area contributed by atoms with Crippen LogP contribution in [-0.4, -0.2) is 52.8 Å². The zero-order chi connectivity index (χ0) is 21.1. The van der Waals surface area contributed by atoms with E-state index < -0.39 is 0 Å². The number of nitrogens with one attached hydrogen (secondary N) is 1. The molecule has 156 valence electrons. The summed E-state index contributed by atoms with van der Waals surface area (Å²) in [4.78, 5) is 30.7. The van der Waals surface area contributed by atoms with E-state index in [-0.39, 0.29) is 17.9 Å². The fourth-order valence-electron chi connectivity index (χ4n) is 3.73. The van der Waals surface area contributed by atoms with Gasteiger partial charge in [-0.15, -0.1) is 0 Å². The lowest BCUT2D eigenvalue weighted by molar-refractivity contribution is -0.133. The van der Waals surface area contributed by atoms with Crippen LogP contribution >= 0.6 is 0 Å². The highest BCUT2D eigenvalue weighted by molar-refractivity contribution is 6.06. The van der Waals surface area contributed by atoms with E-state index in [9.17, 15) is 9.59 Å². The van der Waals surface area contributed by atoms with E-state index in [1.54, 1.807) is 18.2 Å². The fraction of sp³-hybridized carbons (Fsp3) is 0.364. The van der Waals surface area contributed by atoms with E-state index in [0.29, 0.717) is 38.3 Å². The molecule has 2 aliphatic heterocycles. The van der Waals surface area contributed by atoms with Crippen LogP contribution < -0.4 is 5.32 Å². The summed E-state index contributed by atoms with van der Waals surface area (Å²) in [5, 5.41) is 8.98. The van der Waals surface area contributed by atoms with Gasteiger partial charge in [0, 0.05) is 50.6 Å². The Morgan fingerprint density at radius 2 is 1.97 bits per heavy atom. The maximum atomic E-state index is 12.6. The number of urea groups is 1. The Balaban J connectivity index is 1.42. The number of hydrogen-bond acceptors (Lipinski definition) is 5. The van der Waals surface area contributed by atoms with Gasteiger partial charge in [0.15, 0.2) is 0 Å². The molecule has 1 aromatic heterocycles. The Morgan fingerprint density at radius 1 is 1.20 bits per heavy atom. The molecule has 1 atom stereocenters. The predicted molar refractivity (Wildman–Crippen MR) is 113 cm³/mol. The molecule has 30 heavy (non-hydrogen) atoms. The van der Waals surface area contributed by atoms with E-state index in [1.165, 1.54) is 5.01 Å². The van der Waals surface area contributed by atoms with E-state index in [0.717, 1.165) is 22.4 Å². The van der Waals surface area contributed by atoms with Crippen molar-refractivity contribution in [3.8, 4) is 0 Å². The third kappa shape index (κ3) is 4.18. The molecule has 1 N–H and O–H groups in total. The number of ether oxygens (including phenoxy) is 1. The summed E-state index contributed by atoms with van der Waals surface area (Å²) >= 11 is 0. The van der Waals surface area contributed by atoms with Gasteiger partial charge in [0.2, 0.25) is 5.91 Å². The van der Waals surface area contributed by atoms with Crippen molar-refractivity contribution in [2.24, 2.45) is 11.0 Å². The number of anilines is 1. The van der Waals surface area contributed by atoms with Gasteiger partial charge >= 0.3 is 6.03 Å². The highest BCUT2D eigenvalue weighted by atomic mass is 16.5. The number of amides is 3. The zero-order valence-corrected chi connectivity index (χ0v) is 17.2. The second kappa shape index (κ2) is 8.62. The molecule has 4 rings (SSSR count). The normalized spacial score (nSPS) is 18.3. The van der Waals surface area contributed by atoms with E-state index >= 15 is 0 Å². The van der Waals surface area contributed by atoms with Crippen molar-refractivity contribution >= 4 is 23.3 Å². The number of hydrogen-bond donors (Lipinski definition) is 1. The number of rotatable bonds is 5. The minimum atomic E-state index is -0.140. The molecule has 3 heterocycles. The van der Waals surface area contributed by atoms with E-state index in [4.69, 9.17) is 4.74 Å². The van der Waals surface area contributed by atoms with Gasteiger partial charge in [0.1, 0.15) is 0 Å². The molecule has 2 aromatic rings. The number of carbonyl (C=O) groups is 2. The Morgan fingerprint density at radius 3 is 2.70 bits per heavy atom. The van der Waals surface area contributed by atoms with Gasteiger partial charge in [-0.25, -0.2) is 9.80 Å². The van der Waals surface area contributed by atoms with Crippen LogP contribution in [0, 0.1) is 5.92 Å². The molecule has 0 saturated carbocycles. The first-order chi connectivity index (χ1) is 14.5. The maximum Gasteiger partial charge on any atom is 0.322 e.